The Morgan fingerprint density at radius 1 is 1.35 bits per heavy atom. The molecule has 1 aliphatic rings. The van der Waals surface area contributed by atoms with Crippen LogP contribution in [-0.2, 0) is 6.42 Å². The highest BCUT2D eigenvalue weighted by molar-refractivity contribution is 5.21. The molecule has 1 aromatic rings. The lowest BCUT2D eigenvalue weighted by molar-refractivity contribution is -0.0411. The van der Waals surface area contributed by atoms with Crippen LogP contribution in [0.3, 0.4) is 0 Å². The summed E-state index contributed by atoms with van der Waals surface area (Å²) in [6.07, 6.45) is 4.05. The van der Waals surface area contributed by atoms with Crippen molar-refractivity contribution in [1.29, 1.82) is 0 Å². The van der Waals surface area contributed by atoms with E-state index < -0.39 is 17.2 Å². The van der Waals surface area contributed by atoms with Crippen LogP contribution in [0.15, 0.2) is 18.2 Å². The third-order valence-electron chi connectivity index (χ3n) is 3.93. The summed E-state index contributed by atoms with van der Waals surface area (Å²) < 4.78 is 26.3. The zero-order valence-corrected chi connectivity index (χ0v) is 10.0. The summed E-state index contributed by atoms with van der Waals surface area (Å²) in [7, 11) is 0. The fourth-order valence-corrected chi connectivity index (χ4v) is 2.65. The van der Waals surface area contributed by atoms with E-state index in [2.05, 4.69) is 0 Å². The summed E-state index contributed by atoms with van der Waals surface area (Å²) in [5.41, 5.74) is -0.431. The van der Waals surface area contributed by atoms with E-state index in [1.54, 1.807) is 0 Å². The maximum Gasteiger partial charge on any atom is 0.129 e. The molecule has 1 aromatic carbocycles. The normalized spacial score (nSPS) is 29.3. The first-order valence-corrected chi connectivity index (χ1v) is 6.17. The second-order valence-corrected chi connectivity index (χ2v) is 5.16. The highest BCUT2D eigenvalue weighted by Gasteiger charge is 2.36. The van der Waals surface area contributed by atoms with Crippen molar-refractivity contribution < 1.29 is 13.9 Å². The van der Waals surface area contributed by atoms with E-state index in [0.717, 1.165) is 25.3 Å². The quantitative estimate of drug-likeness (QED) is 0.839. The molecule has 1 N–H and O–H groups in total. The highest BCUT2D eigenvalue weighted by Crippen LogP contribution is 2.36. The minimum atomic E-state index is -0.836. The molecule has 0 bridgehead atoms. The predicted molar refractivity (Wildman–Crippen MR) is 62.6 cm³/mol. The fourth-order valence-electron chi connectivity index (χ4n) is 2.65. The largest absolute Gasteiger partial charge is 0.389 e. The summed E-state index contributed by atoms with van der Waals surface area (Å²) in [5.74, 6) is -0.966. The van der Waals surface area contributed by atoms with Gasteiger partial charge in [0.25, 0.3) is 0 Å². The van der Waals surface area contributed by atoms with Gasteiger partial charge in [-0.15, -0.1) is 0 Å². The Kier molecular flexibility index (Phi) is 3.48. The first-order chi connectivity index (χ1) is 8.01. The summed E-state index contributed by atoms with van der Waals surface area (Å²) in [6.45, 7) is 2.00. The Labute approximate surface area is 100 Å². The van der Waals surface area contributed by atoms with Crippen molar-refractivity contribution in [1.82, 2.24) is 0 Å². The Bertz CT molecular complexity index is 405. The van der Waals surface area contributed by atoms with Crippen molar-refractivity contribution in [3.63, 3.8) is 0 Å². The van der Waals surface area contributed by atoms with Crippen LogP contribution in [0.5, 0.6) is 0 Å². The van der Waals surface area contributed by atoms with E-state index >= 15 is 0 Å². The van der Waals surface area contributed by atoms with Gasteiger partial charge in [0, 0.05) is 12.5 Å². The van der Waals surface area contributed by atoms with Crippen LogP contribution < -0.4 is 0 Å². The lowest BCUT2D eigenvalue weighted by atomic mass is 9.73. The second kappa shape index (κ2) is 4.73. The number of hydrogen-bond donors (Lipinski definition) is 1. The number of aliphatic hydroxyl groups is 1. The topological polar surface area (TPSA) is 20.2 Å². The molecule has 94 valence electrons. The molecule has 0 aliphatic heterocycles. The van der Waals surface area contributed by atoms with Gasteiger partial charge in [-0.1, -0.05) is 25.8 Å². The van der Waals surface area contributed by atoms with E-state index in [1.807, 2.05) is 6.92 Å². The smallest absolute Gasteiger partial charge is 0.129 e. The van der Waals surface area contributed by atoms with Gasteiger partial charge in [-0.3, -0.25) is 0 Å². The molecule has 3 heteroatoms. The summed E-state index contributed by atoms with van der Waals surface area (Å²) in [6, 6.07) is 3.56. The van der Waals surface area contributed by atoms with Crippen molar-refractivity contribution in [2.75, 3.05) is 0 Å². The molecule has 2 rings (SSSR count). The van der Waals surface area contributed by atoms with Crippen molar-refractivity contribution in [2.24, 2.45) is 5.92 Å². The lowest BCUT2D eigenvalue weighted by Crippen LogP contribution is -2.41. The van der Waals surface area contributed by atoms with E-state index in [-0.39, 0.29) is 12.3 Å². The zero-order chi connectivity index (χ0) is 12.5. The van der Waals surface area contributed by atoms with Crippen LogP contribution in [0.25, 0.3) is 0 Å². The third kappa shape index (κ3) is 2.65. The van der Waals surface area contributed by atoms with Gasteiger partial charge in [-0.05, 0) is 30.4 Å². The average molecular weight is 240 g/mol. The molecule has 1 saturated carbocycles. The van der Waals surface area contributed by atoms with Gasteiger partial charge in [-0.25, -0.2) is 8.78 Å². The van der Waals surface area contributed by atoms with Crippen molar-refractivity contribution >= 4 is 0 Å². The minimum absolute atomic E-state index is 0.167. The van der Waals surface area contributed by atoms with E-state index in [4.69, 9.17) is 0 Å². The van der Waals surface area contributed by atoms with Gasteiger partial charge >= 0.3 is 0 Å². The molecule has 0 amide bonds. The first-order valence-electron chi connectivity index (χ1n) is 6.17. The first kappa shape index (κ1) is 12.5. The molecular weight excluding hydrogens is 222 g/mol. The second-order valence-electron chi connectivity index (χ2n) is 5.16. The molecule has 2 unspecified atom stereocenters. The molecule has 0 aromatic heterocycles. The minimum Gasteiger partial charge on any atom is -0.389 e. The van der Waals surface area contributed by atoms with Crippen LogP contribution in [-0.4, -0.2) is 10.7 Å². The molecule has 0 heterocycles. The molecule has 17 heavy (non-hydrogen) atoms. The maximum atomic E-state index is 13.6. The Hall–Kier alpha value is -0.960. The van der Waals surface area contributed by atoms with E-state index in [9.17, 15) is 13.9 Å². The van der Waals surface area contributed by atoms with Gasteiger partial charge < -0.3 is 5.11 Å². The van der Waals surface area contributed by atoms with E-state index in [1.165, 1.54) is 12.1 Å². The SMILES string of the molecule is CC1CCCCC1(O)Cc1ccc(F)cc1F. The van der Waals surface area contributed by atoms with Crippen LogP contribution in [0.4, 0.5) is 8.78 Å². The Balaban J connectivity index is 2.19. The lowest BCUT2D eigenvalue weighted by Gasteiger charge is -2.38. The van der Waals surface area contributed by atoms with Gasteiger partial charge in [-0.2, -0.15) is 0 Å². The van der Waals surface area contributed by atoms with Gasteiger partial charge in [0.15, 0.2) is 0 Å². The molecule has 1 fully saturated rings. The molecule has 0 spiro atoms. The molecule has 1 aliphatic carbocycles. The number of halogens is 2. The Morgan fingerprint density at radius 2 is 2.12 bits per heavy atom. The van der Waals surface area contributed by atoms with Crippen LogP contribution in [0, 0.1) is 17.6 Å². The molecule has 2 atom stereocenters. The average Bonchev–Trinajstić information content (AvgIpc) is 2.27. The molecular formula is C14H18F2O. The van der Waals surface area contributed by atoms with Gasteiger partial charge in [0.1, 0.15) is 11.6 Å². The Morgan fingerprint density at radius 3 is 2.76 bits per heavy atom. The van der Waals surface area contributed by atoms with Gasteiger partial charge in [0.2, 0.25) is 0 Å². The van der Waals surface area contributed by atoms with E-state index in [0.29, 0.717) is 12.0 Å². The monoisotopic (exact) mass is 240 g/mol. The molecule has 0 saturated heterocycles. The maximum absolute atomic E-state index is 13.6. The fraction of sp³-hybridized carbons (Fsp3) is 0.571. The standard InChI is InChI=1S/C14H18F2O/c1-10-4-2-3-7-14(10,17)9-11-5-6-12(15)8-13(11)16/h5-6,8,10,17H,2-4,7,9H2,1H3. The highest BCUT2D eigenvalue weighted by atomic mass is 19.1. The third-order valence-corrected chi connectivity index (χ3v) is 3.93. The van der Waals surface area contributed by atoms with Crippen molar-refractivity contribution in [3.05, 3.63) is 35.4 Å². The van der Waals surface area contributed by atoms with Crippen LogP contribution >= 0.6 is 0 Å². The number of benzene rings is 1. The molecule has 1 nitrogen and oxygen atoms in total. The van der Waals surface area contributed by atoms with Crippen molar-refractivity contribution in [2.45, 2.75) is 44.6 Å². The number of hydrogen-bond acceptors (Lipinski definition) is 1. The van der Waals surface area contributed by atoms with Crippen molar-refractivity contribution in [3.8, 4) is 0 Å². The molecule has 0 radical (unpaired) electrons. The zero-order valence-electron chi connectivity index (χ0n) is 10.0. The van der Waals surface area contributed by atoms with Gasteiger partial charge in [0.05, 0.1) is 5.60 Å². The summed E-state index contributed by atoms with van der Waals surface area (Å²) >= 11 is 0. The summed E-state index contributed by atoms with van der Waals surface area (Å²) in [5, 5.41) is 10.5. The van der Waals surface area contributed by atoms with Crippen LogP contribution in [0.2, 0.25) is 0 Å². The summed E-state index contributed by atoms with van der Waals surface area (Å²) in [4.78, 5) is 0. The van der Waals surface area contributed by atoms with Crippen LogP contribution in [0.1, 0.15) is 38.2 Å². The number of rotatable bonds is 2. The predicted octanol–water partition coefficient (Wildman–Crippen LogP) is 3.45.